The van der Waals surface area contributed by atoms with Crippen LogP contribution in [0.5, 0.6) is 0 Å². The summed E-state index contributed by atoms with van der Waals surface area (Å²) in [6.07, 6.45) is 1.67. The molecule has 2 N–H and O–H groups in total. The van der Waals surface area contributed by atoms with Crippen molar-refractivity contribution >= 4 is 10.0 Å². The number of rotatable bonds is 10. The largest absolute Gasteiger partial charge is 0.447 e. The van der Waals surface area contributed by atoms with Crippen LogP contribution in [0, 0.1) is 0 Å². The van der Waals surface area contributed by atoms with E-state index >= 15 is 0 Å². The van der Waals surface area contributed by atoms with Gasteiger partial charge in [-0.15, -0.1) is 0 Å². The van der Waals surface area contributed by atoms with Crippen LogP contribution in [-0.2, 0) is 21.3 Å². The van der Waals surface area contributed by atoms with Crippen molar-refractivity contribution in [1.82, 2.24) is 10.0 Å². The number of methoxy groups -OCH3 is 1. The molecule has 0 radical (unpaired) electrons. The maximum absolute atomic E-state index is 12.1. The minimum absolute atomic E-state index is 0.0552. The molecular formula is C13H24N2O4S. The van der Waals surface area contributed by atoms with Gasteiger partial charge in [-0.1, -0.05) is 13.8 Å². The molecule has 1 heterocycles. The van der Waals surface area contributed by atoms with Gasteiger partial charge in [0.2, 0.25) is 5.09 Å². The van der Waals surface area contributed by atoms with E-state index in [0.29, 0.717) is 25.3 Å². The highest BCUT2D eigenvalue weighted by molar-refractivity contribution is 7.89. The molecule has 0 fully saturated rings. The second kappa shape index (κ2) is 8.41. The van der Waals surface area contributed by atoms with Gasteiger partial charge >= 0.3 is 0 Å². The van der Waals surface area contributed by atoms with E-state index in [1.807, 2.05) is 6.92 Å². The molecule has 0 bridgehead atoms. The third kappa shape index (κ3) is 5.24. The van der Waals surface area contributed by atoms with Gasteiger partial charge in [-0.2, -0.15) is 0 Å². The summed E-state index contributed by atoms with van der Waals surface area (Å²) in [6.45, 7) is 5.69. The quantitative estimate of drug-likeness (QED) is 0.640. The highest BCUT2D eigenvalue weighted by Gasteiger charge is 2.22. The normalized spacial score (nSPS) is 13.6. The van der Waals surface area contributed by atoms with E-state index in [4.69, 9.17) is 9.15 Å². The number of ether oxygens (including phenoxy) is 1. The van der Waals surface area contributed by atoms with E-state index in [1.165, 1.54) is 6.07 Å². The second-order valence-corrected chi connectivity index (χ2v) is 6.22. The van der Waals surface area contributed by atoms with Gasteiger partial charge in [0.1, 0.15) is 5.76 Å². The van der Waals surface area contributed by atoms with E-state index in [-0.39, 0.29) is 11.1 Å². The fourth-order valence-corrected chi connectivity index (χ4v) is 2.95. The molecule has 0 saturated heterocycles. The SMILES string of the molecule is CCCNCc1ccc(S(=O)(=O)NC(CC)COC)o1. The fraction of sp³-hybridized carbons (Fsp3) is 0.692. The molecule has 0 saturated carbocycles. The minimum Gasteiger partial charge on any atom is -0.447 e. The van der Waals surface area contributed by atoms with Crippen molar-refractivity contribution in [2.45, 2.75) is 44.4 Å². The first-order valence-electron chi connectivity index (χ1n) is 6.84. The number of hydrogen-bond donors (Lipinski definition) is 2. The lowest BCUT2D eigenvalue weighted by molar-refractivity contribution is 0.173. The average Bonchev–Trinajstić information content (AvgIpc) is 2.88. The molecule has 0 aliphatic carbocycles. The van der Waals surface area contributed by atoms with Crippen LogP contribution in [-0.4, -0.2) is 34.7 Å². The van der Waals surface area contributed by atoms with Crippen LogP contribution in [0.15, 0.2) is 21.6 Å². The average molecular weight is 304 g/mol. The van der Waals surface area contributed by atoms with Gasteiger partial charge in [-0.3, -0.25) is 0 Å². The third-order valence-electron chi connectivity index (χ3n) is 2.81. The summed E-state index contributed by atoms with van der Waals surface area (Å²) in [5.41, 5.74) is 0. The summed E-state index contributed by atoms with van der Waals surface area (Å²) < 4.78 is 37.2. The Hall–Kier alpha value is -0.890. The number of nitrogens with one attached hydrogen (secondary N) is 2. The van der Waals surface area contributed by atoms with Gasteiger partial charge in [-0.25, -0.2) is 13.1 Å². The first kappa shape index (κ1) is 17.2. The molecule has 0 aliphatic heterocycles. The smallest absolute Gasteiger partial charge is 0.274 e. The Bertz CT molecular complexity index is 484. The molecule has 1 aromatic heterocycles. The van der Waals surface area contributed by atoms with E-state index in [9.17, 15) is 8.42 Å². The lowest BCUT2D eigenvalue weighted by Gasteiger charge is -2.14. The molecule has 0 aliphatic rings. The Morgan fingerprint density at radius 2 is 2.10 bits per heavy atom. The lowest BCUT2D eigenvalue weighted by Crippen LogP contribution is -2.37. The molecule has 6 nitrogen and oxygen atoms in total. The summed E-state index contributed by atoms with van der Waals surface area (Å²) in [6, 6.07) is 2.90. The minimum atomic E-state index is -3.63. The van der Waals surface area contributed by atoms with Crippen molar-refractivity contribution < 1.29 is 17.6 Å². The van der Waals surface area contributed by atoms with Gasteiger partial charge in [-0.05, 0) is 31.5 Å². The van der Waals surface area contributed by atoms with Crippen molar-refractivity contribution in [3.63, 3.8) is 0 Å². The molecule has 1 atom stereocenters. The molecule has 0 amide bonds. The number of sulfonamides is 1. The summed E-state index contributed by atoms with van der Waals surface area (Å²) in [5, 5.41) is 3.10. The highest BCUT2D eigenvalue weighted by Crippen LogP contribution is 2.14. The fourth-order valence-electron chi connectivity index (χ4n) is 1.70. The van der Waals surface area contributed by atoms with Gasteiger partial charge in [0, 0.05) is 13.2 Å². The Balaban J connectivity index is 2.67. The predicted molar refractivity (Wildman–Crippen MR) is 77.0 cm³/mol. The Labute approximate surface area is 120 Å². The molecule has 0 aromatic carbocycles. The molecular weight excluding hydrogens is 280 g/mol. The van der Waals surface area contributed by atoms with Crippen molar-refractivity contribution in [2.24, 2.45) is 0 Å². The van der Waals surface area contributed by atoms with Crippen LogP contribution >= 0.6 is 0 Å². The summed E-state index contributed by atoms with van der Waals surface area (Å²) in [7, 11) is -2.08. The molecule has 1 unspecified atom stereocenters. The predicted octanol–water partition coefficient (Wildman–Crippen LogP) is 1.48. The molecule has 1 rings (SSSR count). The van der Waals surface area contributed by atoms with E-state index < -0.39 is 10.0 Å². The van der Waals surface area contributed by atoms with Crippen LogP contribution in [0.1, 0.15) is 32.4 Å². The maximum atomic E-state index is 12.1. The van der Waals surface area contributed by atoms with Crippen molar-refractivity contribution in [3.8, 4) is 0 Å². The van der Waals surface area contributed by atoms with E-state index in [0.717, 1.165) is 13.0 Å². The Morgan fingerprint density at radius 3 is 2.70 bits per heavy atom. The Kier molecular flexibility index (Phi) is 7.22. The van der Waals surface area contributed by atoms with Crippen LogP contribution in [0.2, 0.25) is 0 Å². The van der Waals surface area contributed by atoms with Gasteiger partial charge in [0.25, 0.3) is 10.0 Å². The zero-order valence-corrected chi connectivity index (χ0v) is 13.1. The molecule has 7 heteroatoms. The van der Waals surface area contributed by atoms with Crippen molar-refractivity contribution in [3.05, 3.63) is 17.9 Å². The number of furan rings is 1. The summed E-state index contributed by atoms with van der Waals surface area (Å²) in [5.74, 6) is 0.610. The first-order chi connectivity index (χ1) is 9.53. The molecule has 1 aromatic rings. The molecule has 116 valence electrons. The number of hydrogen-bond acceptors (Lipinski definition) is 5. The van der Waals surface area contributed by atoms with Crippen LogP contribution in [0.25, 0.3) is 0 Å². The zero-order valence-electron chi connectivity index (χ0n) is 12.3. The molecule has 0 spiro atoms. The van der Waals surface area contributed by atoms with E-state index in [1.54, 1.807) is 13.2 Å². The highest BCUT2D eigenvalue weighted by atomic mass is 32.2. The summed E-state index contributed by atoms with van der Waals surface area (Å²) >= 11 is 0. The molecule has 20 heavy (non-hydrogen) atoms. The Morgan fingerprint density at radius 1 is 1.35 bits per heavy atom. The van der Waals surface area contributed by atoms with Crippen LogP contribution in [0.3, 0.4) is 0 Å². The van der Waals surface area contributed by atoms with E-state index in [2.05, 4.69) is 17.0 Å². The van der Waals surface area contributed by atoms with Crippen LogP contribution in [0.4, 0.5) is 0 Å². The first-order valence-corrected chi connectivity index (χ1v) is 8.32. The standard InChI is InChI=1S/C13H24N2O4S/c1-4-8-14-9-12-6-7-13(19-12)20(16,17)15-11(5-2)10-18-3/h6-7,11,14-15H,4-5,8-10H2,1-3H3. The summed E-state index contributed by atoms with van der Waals surface area (Å²) in [4.78, 5) is 0. The van der Waals surface area contributed by atoms with Gasteiger partial charge in [0.05, 0.1) is 13.2 Å². The van der Waals surface area contributed by atoms with Crippen LogP contribution < -0.4 is 10.0 Å². The van der Waals surface area contributed by atoms with Gasteiger partial charge in [0.15, 0.2) is 0 Å². The second-order valence-electron chi connectivity index (χ2n) is 4.58. The van der Waals surface area contributed by atoms with Crippen molar-refractivity contribution in [2.75, 3.05) is 20.3 Å². The lowest BCUT2D eigenvalue weighted by atomic mass is 10.3. The monoisotopic (exact) mass is 304 g/mol. The van der Waals surface area contributed by atoms with Crippen molar-refractivity contribution in [1.29, 1.82) is 0 Å². The maximum Gasteiger partial charge on any atom is 0.274 e. The topological polar surface area (TPSA) is 80.6 Å². The van der Waals surface area contributed by atoms with Gasteiger partial charge < -0.3 is 14.5 Å². The third-order valence-corrected chi connectivity index (χ3v) is 4.20. The zero-order chi connectivity index (χ0) is 15.0.